The highest BCUT2D eigenvalue weighted by Gasteiger charge is 2.31. The molecule has 1 saturated carbocycles. The summed E-state index contributed by atoms with van der Waals surface area (Å²) in [7, 11) is 0. The van der Waals surface area contributed by atoms with Crippen LogP contribution < -0.4 is 10.1 Å². The van der Waals surface area contributed by atoms with Gasteiger partial charge >= 0.3 is 0 Å². The monoisotopic (exact) mass is 233 g/mol. The molecule has 1 unspecified atom stereocenters. The van der Waals surface area contributed by atoms with E-state index in [0.29, 0.717) is 12.6 Å². The van der Waals surface area contributed by atoms with Crippen molar-refractivity contribution in [3.63, 3.8) is 0 Å². The van der Waals surface area contributed by atoms with Gasteiger partial charge in [-0.05, 0) is 49.9 Å². The van der Waals surface area contributed by atoms with Crippen LogP contribution in [0.4, 0.5) is 0 Å². The summed E-state index contributed by atoms with van der Waals surface area (Å²) in [6.07, 6.45) is 4.64. The number of β-amino-alcohol motifs (C(OH)–C–C–N with tert-alkyl or cyclic N) is 1. The highest BCUT2D eigenvalue weighted by molar-refractivity contribution is 5.31. The Bertz CT molecular complexity index is 378. The van der Waals surface area contributed by atoms with Gasteiger partial charge in [0.2, 0.25) is 0 Å². The van der Waals surface area contributed by atoms with Crippen LogP contribution in [0.3, 0.4) is 0 Å². The summed E-state index contributed by atoms with van der Waals surface area (Å²) in [5.41, 5.74) is 0.295. The molecule has 1 saturated heterocycles. The fourth-order valence-electron chi connectivity index (χ4n) is 2.36. The van der Waals surface area contributed by atoms with E-state index in [1.54, 1.807) is 0 Å². The van der Waals surface area contributed by atoms with Gasteiger partial charge < -0.3 is 15.2 Å². The number of rotatable bonds is 3. The smallest absolute Gasteiger partial charge is 0.119 e. The Morgan fingerprint density at radius 1 is 1.24 bits per heavy atom. The Labute approximate surface area is 102 Å². The minimum atomic E-state index is -0.698. The predicted octanol–water partition coefficient (Wildman–Crippen LogP) is 1.80. The van der Waals surface area contributed by atoms with Crippen molar-refractivity contribution < 1.29 is 9.84 Å². The Kier molecular flexibility index (Phi) is 2.81. The average Bonchev–Trinajstić information content (AvgIpc) is 3.15. The van der Waals surface area contributed by atoms with Crippen molar-refractivity contribution in [3.05, 3.63) is 29.8 Å². The lowest BCUT2D eigenvalue weighted by atomic mass is 9.87. The molecule has 3 rings (SSSR count). The van der Waals surface area contributed by atoms with Gasteiger partial charge in [0.15, 0.2) is 0 Å². The zero-order valence-corrected chi connectivity index (χ0v) is 9.98. The molecule has 1 heterocycles. The maximum Gasteiger partial charge on any atom is 0.119 e. The van der Waals surface area contributed by atoms with Gasteiger partial charge in [-0.25, -0.2) is 0 Å². The largest absolute Gasteiger partial charge is 0.490 e. The summed E-state index contributed by atoms with van der Waals surface area (Å²) >= 11 is 0. The third-order valence-corrected chi connectivity index (χ3v) is 3.58. The second-order valence-electron chi connectivity index (χ2n) is 5.15. The fraction of sp³-hybridized carbons (Fsp3) is 0.571. The van der Waals surface area contributed by atoms with Crippen molar-refractivity contribution >= 4 is 0 Å². The number of benzene rings is 1. The van der Waals surface area contributed by atoms with Crippen LogP contribution >= 0.6 is 0 Å². The van der Waals surface area contributed by atoms with E-state index < -0.39 is 5.60 Å². The molecule has 2 fully saturated rings. The van der Waals surface area contributed by atoms with Gasteiger partial charge in [0, 0.05) is 6.54 Å². The second kappa shape index (κ2) is 4.31. The van der Waals surface area contributed by atoms with Crippen LogP contribution in [0, 0.1) is 0 Å². The van der Waals surface area contributed by atoms with Gasteiger partial charge in [-0.2, -0.15) is 0 Å². The number of aliphatic hydroxyl groups is 1. The summed E-state index contributed by atoms with van der Waals surface area (Å²) in [6.45, 7) is 1.65. The highest BCUT2D eigenvalue weighted by Crippen LogP contribution is 2.31. The summed E-state index contributed by atoms with van der Waals surface area (Å²) < 4.78 is 5.70. The standard InChI is InChI=1S/C14H19NO2/c16-14(8-1-9-15-10-14)11-2-4-12(5-3-11)17-13-6-7-13/h2-5,13,15-16H,1,6-10H2. The summed E-state index contributed by atoms with van der Waals surface area (Å²) in [5, 5.41) is 13.8. The van der Waals surface area contributed by atoms with E-state index in [1.165, 1.54) is 12.8 Å². The molecular weight excluding hydrogens is 214 g/mol. The van der Waals surface area contributed by atoms with Gasteiger partial charge in [-0.3, -0.25) is 0 Å². The molecule has 3 heteroatoms. The van der Waals surface area contributed by atoms with Crippen LogP contribution in [0.25, 0.3) is 0 Å². The topological polar surface area (TPSA) is 41.5 Å². The number of piperidine rings is 1. The van der Waals surface area contributed by atoms with Crippen LogP contribution in [-0.2, 0) is 5.60 Å². The molecular formula is C14H19NO2. The van der Waals surface area contributed by atoms with E-state index in [2.05, 4.69) is 5.32 Å². The normalized spacial score (nSPS) is 29.0. The SMILES string of the molecule is OC1(c2ccc(OC3CC3)cc2)CCCNC1. The highest BCUT2D eigenvalue weighted by atomic mass is 16.5. The number of ether oxygens (including phenoxy) is 1. The Morgan fingerprint density at radius 2 is 2.00 bits per heavy atom. The number of hydrogen-bond acceptors (Lipinski definition) is 3. The number of nitrogens with one attached hydrogen (secondary N) is 1. The lowest BCUT2D eigenvalue weighted by Gasteiger charge is -2.33. The van der Waals surface area contributed by atoms with Crippen molar-refractivity contribution in [2.75, 3.05) is 13.1 Å². The zero-order chi connectivity index (χ0) is 11.7. The maximum atomic E-state index is 10.5. The van der Waals surface area contributed by atoms with E-state index in [9.17, 15) is 5.11 Å². The molecule has 17 heavy (non-hydrogen) atoms. The minimum absolute atomic E-state index is 0.431. The van der Waals surface area contributed by atoms with Crippen LogP contribution in [0.15, 0.2) is 24.3 Å². The lowest BCUT2D eigenvalue weighted by Crippen LogP contribution is -2.43. The first-order chi connectivity index (χ1) is 8.26. The number of hydrogen-bond donors (Lipinski definition) is 2. The minimum Gasteiger partial charge on any atom is -0.490 e. The lowest BCUT2D eigenvalue weighted by molar-refractivity contribution is 0.0123. The van der Waals surface area contributed by atoms with E-state index in [1.807, 2.05) is 24.3 Å². The molecule has 0 aromatic heterocycles. The summed E-state index contributed by atoms with van der Waals surface area (Å²) in [5.74, 6) is 0.920. The third kappa shape index (κ3) is 2.45. The molecule has 1 atom stereocenters. The Balaban J connectivity index is 1.73. The predicted molar refractivity (Wildman–Crippen MR) is 66.1 cm³/mol. The van der Waals surface area contributed by atoms with Crippen molar-refractivity contribution in [2.45, 2.75) is 37.4 Å². The molecule has 1 aromatic rings. The molecule has 0 radical (unpaired) electrons. The average molecular weight is 233 g/mol. The zero-order valence-electron chi connectivity index (χ0n) is 9.98. The molecule has 2 aliphatic rings. The quantitative estimate of drug-likeness (QED) is 0.836. The van der Waals surface area contributed by atoms with E-state index >= 15 is 0 Å². The van der Waals surface area contributed by atoms with Crippen LogP contribution in [0.5, 0.6) is 5.75 Å². The van der Waals surface area contributed by atoms with Crippen LogP contribution in [0.2, 0.25) is 0 Å². The molecule has 1 aliphatic carbocycles. The molecule has 1 aliphatic heterocycles. The first-order valence-electron chi connectivity index (χ1n) is 6.47. The van der Waals surface area contributed by atoms with E-state index in [-0.39, 0.29) is 0 Å². The molecule has 2 N–H and O–H groups in total. The summed E-state index contributed by atoms with van der Waals surface area (Å²) in [4.78, 5) is 0. The first-order valence-corrected chi connectivity index (χ1v) is 6.47. The van der Waals surface area contributed by atoms with Gasteiger partial charge in [-0.15, -0.1) is 0 Å². The van der Waals surface area contributed by atoms with Crippen molar-refractivity contribution in [2.24, 2.45) is 0 Å². The molecule has 0 bridgehead atoms. The maximum absolute atomic E-state index is 10.5. The molecule has 92 valence electrons. The Morgan fingerprint density at radius 3 is 2.59 bits per heavy atom. The molecule has 3 nitrogen and oxygen atoms in total. The Hall–Kier alpha value is -1.06. The molecule has 0 amide bonds. The summed E-state index contributed by atoms with van der Waals surface area (Å²) in [6, 6.07) is 7.93. The first kappa shape index (κ1) is 11.1. The molecule has 1 aromatic carbocycles. The fourth-order valence-corrected chi connectivity index (χ4v) is 2.36. The second-order valence-corrected chi connectivity index (χ2v) is 5.15. The van der Waals surface area contributed by atoms with Gasteiger partial charge in [-0.1, -0.05) is 12.1 Å². The van der Waals surface area contributed by atoms with Gasteiger partial charge in [0.1, 0.15) is 11.4 Å². The molecule has 0 spiro atoms. The van der Waals surface area contributed by atoms with Crippen LogP contribution in [0.1, 0.15) is 31.2 Å². The van der Waals surface area contributed by atoms with Crippen molar-refractivity contribution in [1.82, 2.24) is 5.32 Å². The van der Waals surface area contributed by atoms with E-state index in [0.717, 1.165) is 30.7 Å². The van der Waals surface area contributed by atoms with E-state index in [4.69, 9.17) is 4.74 Å². The third-order valence-electron chi connectivity index (χ3n) is 3.58. The van der Waals surface area contributed by atoms with Crippen molar-refractivity contribution in [1.29, 1.82) is 0 Å². The van der Waals surface area contributed by atoms with Gasteiger partial charge in [0.25, 0.3) is 0 Å². The van der Waals surface area contributed by atoms with Crippen LogP contribution in [-0.4, -0.2) is 24.3 Å². The van der Waals surface area contributed by atoms with Gasteiger partial charge in [0.05, 0.1) is 6.10 Å². The van der Waals surface area contributed by atoms with Crippen molar-refractivity contribution in [3.8, 4) is 5.75 Å².